The Morgan fingerprint density at radius 3 is 2.12 bits per heavy atom. The van der Waals surface area contributed by atoms with Crippen molar-refractivity contribution in [3.8, 4) is 0 Å². The van der Waals surface area contributed by atoms with Gasteiger partial charge in [-0.15, -0.1) is 11.8 Å². The molecule has 0 bridgehead atoms. The van der Waals surface area contributed by atoms with Crippen LogP contribution in [0.1, 0.15) is 32.3 Å². The van der Waals surface area contributed by atoms with Crippen LogP contribution in [0.5, 0.6) is 0 Å². The molecule has 0 unspecified atom stereocenters. The van der Waals surface area contributed by atoms with Gasteiger partial charge in [0, 0.05) is 37.5 Å². The summed E-state index contributed by atoms with van der Waals surface area (Å²) in [7, 11) is 0. The molecule has 1 fully saturated rings. The van der Waals surface area contributed by atoms with Crippen molar-refractivity contribution in [3.63, 3.8) is 0 Å². The summed E-state index contributed by atoms with van der Waals surface area (Å²) in [5, 5.41) is 0. The predicted molar refractivity (Wildman–Crippen MR) is 99.2 cm³/mol. The Labute approximate surface area is 149 Å². The second kappa shape index (κ2) is 9.11. The molecular weight excluding hydrogens is 320 g/mol. The number of hydrogen-bond donors (Lipinski definition) is 0. The van der Waals surface area contributed by atoms with E-state index in [1.807, 2.05) is 28.2 Å². The van der Waals surface area contributed by atoms with Gasteiger partial charge in [0.2, 0.25) is 11.8 Å². The SMILES string of the molecule is CSc1ccc(CC(=O)N2CCCN(C(=O)CC(C)C)CC2)cc1. The molecule has 4 nitrogen and oxygen atoms in total. The maximum Gasteiger partial charge on any atom is 0.227 e. The van der Waals surface area contributed by atoms with Gasteiger partial charge in [-0.05, 0) is 36.3 Å². The van der Waals surface area contributed by atoms with Gasteiger partial charge in [0.1, 0.15) is 0 Å². The zero-order valence-electron chi connectivity index (χ0n) is 15.0. The molecule has 132 valence electrons. The van der Waals surface area contributed by atoms with E-state index in [-0.39, 0.29) is 11.8 Å². The molecule has 5 heteroatoms. The van der Waals surface area contributed by atoms with Crippen LogP contribution in [0.3, 0.4) is 0 Å². The van der Waals surface area contributed by atoms with E-state index in [1.165, 1.54) is 4.90 Å². The van der Waals surface area contributed by atoms with Crippen LogP contribution in [0.4, 0.5) is 0 Å². The molecule has 0 radical (unpaired) electrons. The number of hydrogen-bond acceptors (Lipinski definition) is 3. The molecule has 1 aromatic rings. The molecule has 1 heterocycles. The summed E-state index contributed by atoms with van der Waals surface area (Å²) < 4.78 is 0. The fraction of sp³-hybridized carbons (Fsp3) is 0.579. The van der Waals surface area contributed by atoms with Crippen LogP contribution in [-0.4, -0.2) is 54.0 Å². The van der Waals surface area contributed by atoms with Crippen molar-refractivity contribution in [2.45, 2.75) is 38.0 Å². The molecular formula is C19H28N2O2S. The molecule has 2 rings (SSSR count). The average Bonchev–Trinajstić information content (AvgIpc) is 2.81. The van der Waals surface area contributed by atoms with Crippen LogP contribution in [0.15, 0.2) is 29.2 Å². The third-order valence-corrected chi connectivity index (χ3v) is 5.04. The number of rotatable bonds is 5. The summed E-state index contributed by atoms with van der Waals surface area (Å²) >= 11 is 1.70. The third kappa shape index (κ3) is 5.55. The molecule has 0 N–H and O–H groups in total. The van der Waals surface area contributed by atoms with Crippen molar-refractivity contribution in [3.05, 3.63) is 29.8 Å². The first kappa shape index (κ1) is 18.8. The monoisotopic (exact) mass is 348 g/mol. The molecule has 0 atom stereocenters. The molecule has 1 aliphatic heterocycles. The standard InChI is InChI=1S/C19H28N2O2S/c1-15(2)13-18(22)20-9-4-10-21(12-11-20)19(23)14-16-5-7-17(24-3)8-6-16/h5-8,15H,4,9-14H2,1-3H3. The second-order valence-corrected chi connectivity index (χ2v) is 7.62. The molecule has 0 spiro atoms. The van der Waals surface area contributed by atoms with Gasteiger partial charge in [-0.25, -0.2) is 0 Å². The molecule has 0 saturated carbocycles. The molecule has 1 saturated heterocycles. The van der Waals surface area contributed by atoms with E-state index in [9.17, 15) is 9.59 Å². The minimum Gasteiger partial charge on any atom is -0.341 e. The summed E-state index contributed by atoms with van der Waals surface area (Å²) in [5.41, 5.74) is 1.05. The number of thioether (sulfide) groups is 1. The fourth-order valence-electron chi connectivity index (χ4n) is 2.92. The van der Waals surface area contributed by atoms with E-state index >= 15 is 0 Å². The van der Waals surface area contributed by atoms with Crippen molar-refractivity contribution in [2.75, 3.05) is 32.4 Å². The van der Waals surface area contributed by atoms with E-state index in [0.29, 0.717) is 31.8 Å². The van der Waals surface area contributed by atoms with Crippen molar-refractivity contribution < 1.29 is 9.59 Å². The Morgan fingerprint density at radius 1 is 1.00 bits per heavy atom. The van der Waals surface area contributed by atoms with Crippen molar-refractivity contribution >= 4 is 23.6 Å². The average molecular weight is 349 g/mol. The Morgan fingerprint density at radius 2 is 1.58 bits per heavy atom. The number of nitrogens with zero attached hydrogens (tertiary/aromatic N) is 2. The highest BCUT2D eigenvalue weighted by molar-refractivity contribution is 7.98. The lowest BCUT2D eigenvalue weighted by Crippen LogP contribution is -2.38. The van der Waals surface area contributed by atoms with Crippen LogP contribution < -0.4 is 0 Å². The Balaban J connectivity index is 1.88. The van der Waals surface area contributed by atoms with E-state index in [2.05, 4.69) is 26.0 Å². The van der Waals surface area contributed by atoms with Crippen LogP contribution in [0.25, 0.3) is 0 Å². The smallest absolute Gasteiger partial charge is 0.227 e. The van der Waals surface area contributed by atoms with Gasteiger partial charge in [-0.3, -0.25) is 9.59 Å². The minimum atomic E-state index is 0.157. The first-order chi connectivity index (χ1) is 11.5. The molecule has 24 heavy (non-hydrogen) atoms. The van der Waals surface area contributed by atoms with Crippen molar-refractivity contribution in [1.82, 2.24) is 9.80 Å². The molecule has 1 aromatic carbocycles. The van der Waals surface area contributed by atoms with Crippen molar-refractivity contribution in [1.29, 1.82) is 0 Å². The summed E-state index contributed by atoms with van der Waals surface area (Å²) in [6.45, 7) is 6.93. The highest BCUT2D eigenvalue weighted by Crippen LogP contribution is 2.16. The van der Waals surface area contributed by atoms with Gasteiger partial charge < -0.3 is 9.80 Å². The van der Waals surface area contributed by atoms with Gasteiger partial charge in [0.15, 0.2) is 0 Å². The summed E-state index contributed by atoms with van der Waals surface area (Å²) in [6.07, 6.45) is 3.94. The van der Waals surface area contributed by atoms with Gasteiger partial charge in [-0.1, -0.05) is 26.0 Å². The van der Waals surface area contributed by atoms with E-state index in [1.54, 1.807) is 11.8 Å². The van der Waals surface area contributed by atoms with Gasteiger partial charge >= 0.3 is 0 Å². The normalized spacial score (nSPS) is 15.5. The number of amides is 2. The van der Waals surface area contributed by atoms with Gasteiger partial charge in [-0.2, -0.15) is 0 Å². The first-order valence-corrected chi connectivity index (χ1v) is 9.90. The highest BCUT2D eigenvalue weighted by atomic mass is 32.2. The lowest BCUT2D eigenvalue weighted by molar-refractivity contribution is -0.133. The van der Waals surface area contributed by atoms with Crippen LogP contribution >= 0.6 is 11.8 Å². The largest absolute Gasteiger partial charge is 0.341 e. The fourth-order valence-corrected chi connectivity index (χ4v) is 3.33. The Bertz CT molecular complexity index is 557. The topological polar surface area (TPSA) is 40.6 Å². The maximum absolute atomic E-state index is 12.5. The Hall–Kier alpha value is -1.49. The molecule has 2 amide bonds. The number of carbonyl (C=O) groups is 2. The van der Waals surface area contributed by atoms with Crippen molar-refractivity contribution in [2.24, 2.45) is 5.92 Å². The summed E-state index contributed by atoms with van der Waals surface area (Å²) in [4.78, 5) is 29.8. The maximum atomic E-state index is 12.5. The van der Waals surface area contributed by atoms with Gasteiger partial charge in [0.25, 0.3) is 0 Å². The van der Waals surface area contributed by atoms with Gasteiger partial charge in [0.05, 0.1) is 6.42 Å². The number of benzene rings is 1. The zero-order chi connectivity index (χ0) is 17.5. The zero-order valence-corrected chi connectivity index (χ0v) is 15.8. The first-order valence-electron chi connectivity index (χ1n) is 8.68. The molecule has 0 aromatic heterocycles. The summed E-state index contributed by atoms with van der Waals surface area (Å²) in [6, 6.07) is 8.17. The van der Waals surface area contributed by atoms with E-state index < -0.39 is 0 Å². The quantitative estimate of drug-likeness (QED) is 0.768. The van der Waals surface area contributed by atoms with Crippen LogP contribution in [0.2, 0.25) is 0 Å². The van der Waals surface area contributed by atoms with Crippen LogP contribution in [-0.2, 0) is 16.0 Å². The Kier molecular flexibility index (Phi) is 7.16. The third-order valence-electron chi connectivity index (χ3n) is 4.30. The highest BCUT2D eigenvalue weighted by Gasteiger charge is 2.22. The predicted octanol–water partition coefficient (Wildman–Crippen LogP) is 3.06. The lowest BCUT2D eigenvalue weighted by Gasteiger charge is -2.23. The van der Waals surface area contributed by atoms with Crippen LogP contribution in [0, 0.1) is 5.92 Å². The molecule has 1 aliphatic rings. The summed E-state index contributed by atoms with van der Waals surface area (Å²) in [5.74, 6) is 0.750. The number of carbonyl (C=O) groups excluding carboxylic acids is 2. The van der Waals surface area contributed by atoms with E-state index in [0.717, 1.165) is 25.1 Å². The second-order valence-electron chi connectivity index (χ2n) is 6.74. The molecule has 0 aliphatic carbocycles. The lowest BCUT2D eigenvalue weighted by atomic mass is 10.1. The minimum absolute atomic E-state index is 0.157. The van der Waals surface area contributed by atoms with E-state index in [4.69, 9.17) is 0 Å².